The van der Waals surface area contributed by atoms with Gasteiger partial charge in [-0.25, -0.2) is 31.5 Å². The third-order valence-corrected chi connectivity index (χ3v) is 8.42. The molecule has 1 aromatic carbocycles. The number of nitrogens with one attached hydrogen (secondary N) is 1. The van der Waals surface area contributed by atoms with Crippen LogP contribution in [0.5, 0.6) is 0 Å². The van der Waals surface area contributed by atoms with Gasteiger partial charge in [-0.05, 0) is 30.2 Å². The van der Waals surface area contributed by atoms with Crippen LogP contribution in [0.2, 0.25) is 0 Å². The summed E-state index contributed by atoms with van der Waals surface area (Å²) in [5.74, 6) is -8.30. The molecule has 14 heteroatoms. The number of piperidine rings is 1. The zero-order valence-electron chi connectivity index (χ0n) is 22.8. The highest BCUT2D eigenvalue weighted by atomic mass is 19.3. The van der Waals surface area contributed by atoms with Gasteiger partial charge in [0.15, 0.2) is 5.82 Å². The predicted octanol–water partition coefficient (Wildman–Crippen LogP) is 3.45. The summed E-state index contributed by atoms with van der Waals surface area (Å²) >= 11 is 0. The fourth-order valence-electron chi connectivity index (χ4n) is 5.80. The average Bonchev–Trinajstić information content (AvgIpc) is 3.22. The van der Waals surface area contributed by atoms with E-state index in [0.29, 0.717) is 28.9 Å². The Kier molecular flexibility index (Phi) is 6.86. The second-order valence-electron chi connectivity index (χ2n) is 11.5. The summed E-state index contributed by atoms with van der Waals surface area (Å²) in [6.07, 6.45) is -1.30. The minimum Gasteiger partial charge on any atom is -0.382 e. The van der Waals surface area contributed by atoms with E-state index in [0.717, 1.165) is 10.5 Å². The van der Waals surface area contributed by atoms with E-state index < -0.39 is 48.2 Å². The van der Waals surface area contributed by atoms with E-state index in [1.807, 2.05) is 11.0 Å². The molecule has 3 atom stereocenters. The summed E-state index contributed by atoms with van der Waals surface area (Å²) in [7, 11) is 0. The Balaban J connectivity index is 1.23. The summed E-state index contributed by atoms with van der Waals surface area (Å²) in [5, 5.41) is 6.97. The molecule has 3 fully saturated rings. The molecule has 1 aliphatic carbocycles. The Hall–Kier alpha value is -3.81. The van der Waals surface area contributed by atoms with Gasteiger partial charge in [-0.3, -0.25) is 14.5 Å². The second kappa shape index (κ2) is 10.2. The maximum absolute atomic E-state index is 14.8. The summed E-state index contributed by atoms with van der Waals surface area (Å²) in [6, 6.07) is 5.95. The zero-order valence-corrected chi connectivity index (χ0v) is 22.8. The molecule has 2 aromatic heterocycles. The van der Waals surface area contributed by atoms with Crippen LogP contribution in [-0.2, 0) is 11.3 Å². The van der Waals surface area contributed by atoms with E-state index in [4.69, 9.17) is 5.73 Å². The maximum atomic E-state index is 14.8. The number of alkyl halides is 5. The molecule has 4 heterocycles. The number of halogens is 5. The number of benzene rings is 1. The molecule has 2 aliphatic heterocycles. The standard InChI is InChI=1S/C28H30F5N7O2/c1-15-2-3-16(8-18(15)25(41)37-21-13-39(12-20(21)29)26(42)19-10-28(19,32)33)22-9-17(23-24(34)35-14-36-40(22)23)11-38-6-4-27(30,31)5-7-38/h2-3,8-9,14,19-21H,4-7,10-13H2,1H3,(H,37,41)(H2,34,35,36). The second-order valence-corrected chi connectivity index (χ2v) is 11.5. The molecular weight excluding hydrogens is 561 g/mol. The van der Waals surface area contributed by atoms with Gasteiger partial charge >= 0.3 is 0 Å². The molecule has 42 heavy (non-hydrogen) atoms. The molecule has 0 bridgehead atoms. The van der Waals surface area contributed by atoms with E-state index >= 15 is 0 Å². The molecule has 1 saturated carbocycles. The molecular formula is C28H30F5N7O2. The van der Waals surface area contributed by atoms with Crippen molar-refractivity contribution in [2.45, 2.75) is 56.8 Å². The summed E-state index contributed by atoms with van der Waals surface area (Å²) in [5.41, 5.74) is 9.54. The van der Waals surface area contributed by atoms with Crippen LogP contribution in [0.25, 0.3) is 16.8 Å². The van der Waals surface area contributed by atoms with Crippen LogP contribution < -0.4 is 11.1 Å². The van der Waals surface area contributed by atoms with Crippen LogP contribution in [-0.4, -0.2) is 86.4 Å². The lowest BCUT2D eigenvalue weighted by Gasteiger charge is -2.31. The number of nitrogens with two attached hydrogens (primary N) is 1. The van der Waals surface area contributed by atoms with Crippen LogP contribution in [0.3, 0.4) is 0 Å². The number of aromatic nitrogens is 3. The summed E-state index contributed by atoms with van der Waals surface area (Å²) in [4.78, 5) is 32.7. The third kappa shape index (κ3) is 5.27. The number of rotatable bonds is 6. The lowest BCUT2D eigenvalue weighted by molar-refractivity contribution is -0.134. The molecule has 3 aliphatic rings. The molecule has 3 unspecified atom stereocenters. The van der Waals surface area contributed by atoms with Gasteiger partial charge in [-0.15, -0.1) is 0 Å². The van der Waals surface area contributed by atoms with Crippen molar-refractivity contribution in [3.05, 3.63) is 47.3 Å². The number of anilines is 1. The number of fused-ring (bicyclic) bond motifs is 1. The molecule has 2 saturated heterocycles. The van der Waals surface area contributed by atoms with E-state index in [1.54, 1.807) is 29.6 Å². The van der Waals surface area contributed by atoms with Crippen molar-refractivity contribution in [1.29, 1.82) is 0 Å². The lowest BCUT2D eigenvalue weighted by Crippen LogP contribution is -2.42. The largest absolute Gasteiger partial charge is 0.382 e. The topological polar surface area (TPSA) is 109 Å². The SMILES string of the molecule is Cc1ccc(-c2cc(CN3CCC(F)(F)CC3)c3c(N)ncnn23)cc1C(=O)NC1CN(C(=O)C2CC2(F)F)CC1F. The van der Waals surface area contributed by atoms with Gasteiger partial charge in [0, 0.05) is 56.6 Å². The van der Waals surface area contributed by atoms with Crippen molar-refractivity contribution in [2.75, 3.05) is 31.9 Å². The van der Waals surface area contributed by atoms with Crippen LogP contribution in [0.15, 0.2) is 30.6 Å². The van der Waals surface area contributed by atoms with Gasteiger partial charge in [0.1, 0.15) is 23.9 Å². The van der Waals surface area contributed by atoms with Gasteiger partial charge in [-0.1, -0.05) is 12.1 Å². The van der Waals surface area contributed by atoms with E-state index in [-0.39, 0.29) is 50.4 Å². The molecule has 0 spiro atoms. The Bertz CT molecular complexity index is 1550. The normalized spacial score (nSPS) is 25.1. The molecule has 3 aromatic rings. The first-order chi connectivity index (χ1) is 19.8. The molecule has 6 rings (SSSR count). The Morgan fingerprint density at radius 3 is 2.52 bits per heavy atom. The number of hydrogen-bond donors (Lipinski definition) is 2. The minimum absolute atomic E-state index is 0.192. The minimum atomic E-state index is -3.05. The first-order valence-electron chi connectivity index (χ1n) is 13.8. The maximum Gasteiger partial charge on any atom is 0.260 e. The van der Waals surface area contributed by atoms with Crippen molar-refractivity contribution in [3.63, 3.8) is 0 Å². The van der Waals surface area contributed by atoms with E-state index in [2.05, 4.69) is 15.4 Å². The Morgan fingerprint density at radius 1 is 1.12 bits per heavy atom. The number of carbonyl (C=O) groups excluding carboxylic acids is 2. The summed E-state index contributed by atoms with van der Waals surface area (Å²) in [6.45, 7) is 1.99. The highest BCUT2D eigenvalue weighted by molar-refractivity contribution is 5.97. The Labute approximate surface area is 237 Å². The molecule has 224 valence electrons. The van der Waals surface area contributed by atoms with Crippen LogP contribution in [0.1, 0.15) is 40.7 Å². The average molecular weight is 592 g/mol. The predicted molar refractivity (Wildman–Crippen MR) is 143 cm³/mol. The van der Waals surface area contributed by atoms with Gasteiger partial charge < -0.3 is 16.0 Å². The number of nitrogen functional groups attached to an aromatic ring is 1. The first-order valence-corrected chi connectivity index (χ1v) is 13.8. The van der Waals surface area contributed by atoms with E-state index in [1.165, 1.54) is 6.33 Å². The number of hydrogen-bond acceptors (Lipinski definition) is 6. The molecule has 2 amide bonds. The van der Waals surface area contributed by atoms with Crippen LogP contribution in [0.4, 0.5) is 27.8 Å². The quantitative estimate of drug-likeness (QED) is 0.426. The van der Waals surface area contributed by atoms with Crippen LogP contribution >= 0.6 is 0 Å². The van der Waals surface area contributed by atoms with Gasteiger partial charge in [-0.2, -0.15) is 5.10 Å². The van der Waals surface area contributed by atoms with Gasteiger partial charge in [0.05, 0.1) is 18.3 Å². The van der Waals surface area contributed by atoms with Crippen molar-refractivity contribution in [1.82, 2.24) is 29.7 Å². The number of aryl methyl sites for hydroxylation is 1. The van der Waals surface area contributed by atoms with Crippen molar-refractivity contribution < 1.29 is 31.5 Å². The Morgan fingerprint density at radius 2 is 1.83 bits per heavy atom. The zero-order chi connectivity index (χ0) is 30.0. The van der Waals surface area contributed by atoms with Gasteiger partial charge in [0.2, 0.25) is 5.91 Å². The first kappa shape index (κ1) is 28.3. The van der Waals surface area contributed by atoms with Gasteiger partial charge in [0.25, 0.3) is 17.8 Å². The molecule has 9 nitrogen and oxygen atoms in total. The monoisotopic (exact) mass is 591 g/mol. The third-order valence-electron chi connectivity index (χ3n) is 8.42. The lowest BCUT2D eigenvalue weighted by atomic mass is 10.0. The molecule has 0 radical (unpaired) electrons. The van der Waals surface area contributed by atoms with Crippen molar-refractivity contribution in [3.8, 4) is 11.3 Å². The van der Waals surface area contributed by atoms with E-state index in [9.17, 15) is 31.5 Å². The highest BCUT2D eigenvalue weighted by Crippen LogP contribution is 2.49. The number of likely N-dealkylation sites (tertiary alicyclic amines) is 2. The highest BCUT2D eigenvalue weighted by Gasteiger charge is 2.63. The van der Waals surface area contributed by atoms with Crippen molar-refractivity contribution >= 4 is 23.1 Å². The fourth-order valence-corrected chi connectivity index (χ4v) is 5.80. The number of nitrogens with zero attached hydrogens (tertiary/aromatic N) is 5. The number of carbonyl (C=O) groups is 2. The van der Waals surface area contributed by atoms with Crippen molar-refractivity contribution in [2.24, 2.45) is 5.92 Å². The van der Waals surface area contributed by atoms with Crippen LogP contribution in [0, 0.1) is 12.8 Å². The fraction of sp³-hybridized carbons (Fsp3) is 0.500. The summed E-state index contributed by atoms with van der Waals surface area (Å²) < 4.78 is 70.5. The number of amides is 2. The smallest absolute Gasteiger partial charge is 0.260 e. The molecule has 3 N–H and O–H groups in total.